The first-order valence-electron chi connectivity index (χ1n) is 5.29. The van der Waals surface area contributed by atoms with Crippen molar-refractivity contribution in [3.63, 3.8) is 0 Å². The molecule has 0 atom stereocenters. The summed E-state index contributed by atoms with van der Waals surface area (Å²) in [6.45, 7) is 1.96. The molecule has 78 valence electrons. The predicted molar refractivity (Wildman–Crippen MR) is 52.5 cm³/mol. The Balaban J connectivity index is 1.80. The second-order valence-corrected chi connectivity index (χ2v) is 3.85. The Morgan fingerprint density at radius 1 is 1.23 bits per heavy atom. The molecular weight excluding hydrogens is 166 g/mol. The molecule has 1 saturated carbocycles. The zero-order chi connectivity index (χ0) is 9.52. The number of ether oxygens (including phenoxy) is 1. The molecule has 0 radical (unpaired) electrons. The van der Waals surface area contributed by atoms with Crippen LogP contribution < -0.4 is 5.73 Å². The third kappa shape index (κ3) is 4.07. The van der Waals surface area contributed by atoms with Crippen LogP contribution in [0.1, 0.15) is 32.1 Å². The molecule has 0 saturated heterocycles. The Kier molecular flexibility index (Phi) is 5.35. The normalized spacial score (nSPS) is 27.2. The van der Waals surface area contributed by atoms with E-state index in [-0.39, 0.29) is 0 Å². The Bertz CT molecular complexity index is 124. The molecule has 0 heterocycles. The van der Waals surface area contributed by atoms with Crippen LogP contribution in [0.3, 0.4) is 0 Å². The van der Waals surface area contributed by atoms with Crippen LogP contribution in [0.25, 0.3) is 0 Å². The van der Waals surface area contributed by atoms with Gasteiger partial charge in [0.25, 0.3) is 0 Å². The maximum atomic E-state index is 8.54. The molecule has 13 heavy (non-hydrogen) atoms. The second kappa shape index (κ2) is 6.35. The fourth-order valence-corrected chi connectivity index (χ4v) is 1.64. The summed E-state index contributed by atoms with van der Waals surface area (Å²) in [7, 11) is 0. The van der Waals surface area contributed by atoms with Crippen molar-refractivity contribution < 1.29 is 9.84 Å². The Morgan fingerprint density at radius 3 is 2.62 bits per heavy atom. The number of aliphatic hydroxyl groups excluding tert-OH is 1. The minimum Gasteiger partial charge on any atom is -0.396 e. The number of hydrogen-bond acceptors (Lipinski definition) is 3. The number of unbranched alkanes of at least 4 members (excludes halogenated alkanes) is 2. The quantitative estimate of drug-likeness (QED) is 0.582. The third-order valence-corrected chi connectivity index (χ3v) is 2.68. The van der Waals surface area contributed by atoms with Crippen LogP contribution >= 0.6 is 0 Å². The summed E-state index contributed by atoms with van der Waals surface area (Å²) in [5.74, 6) is 0.711. The Hall–Kier alpha value is -0.120. The molecule has 1 fully saturated rings. The van der Waals surface area contributed by atoms with E-state index in [1.807, 2.05) is 0 Å². The van der Waals surface area contributed by atoms with Gasteiger partial charge in [0.05, 0.1) is 6.10 Å². The van der Waals surface area contributed by atoms with E-state index in [2.05, 4.69) is 0 Å². The fourth-order valence-electron chi connectivity index (χ4n) is 1.64. The van der Waals surface area contributed by atoms with E-state index in [4.69, 9.17) is 15.6 Å². The highest BCUT2D eigenvalue weighted by Gasteiger charge is 2.28. The van der Waals surface area contributed by atoms with Gasteiger partial charge in [-0.1, -0.05) is 0 Å². The lowest BCUT2D eigenvalue weighted by molar-refractivity contribution is -0.0292. The van der Waals surface area contributed by atoms with Gasteiger partial charge < -0.3 is 15.6 Å². The number of aliphatic hydroxyl groups is 1. The van der Waals surface area contributed by atoms with Gasteiger partial charge in [-0.2, -0.15) is 0 Å². The topological polar surface area (TPSA) is 55.5 Å². The molecule has 0 aromatic rings. The molecule has 0 aromatic heterocycles. The van der Waals surface area contributed by atoms with E-state index >= 15 is 0 Å². The smallest absolute Gasteiger partial charge is 0.0581 e. The van der Waals surface area contributed by atoms with Crippen molar-refractivity contribution in [3.05, 3.63) is 0 Å². The molecule has 3 N–H and O–H groups in total. The maximum absolute atomic E-state index is 8.54. The van der Waals surface area contributed by atoms with Crippen molar-refractivity contribution >= 4 is 0 Å². The van der Waals surface area contributed by atoms with Crippen LogP contribution in [0.2, 0.25) is 0 Å². The summed E-state index contributed by atoms with van der Waals surface area (Å²) in [6.07, 6.45) is 5.82. The lowest BCUT2D eigenvalue weighted by atomic mass is 9.82. The largest absolute Gasteiger partial charge is 0.396 e. The first-order valence-corrected chi connectivity index (χ1v) is 5.29. The van der Waals surface area contributed by atoms with Gasteiger partial charge in [0, 0.05) is 13.2 Å². The van der Waals surface area contributed by atoms with Gasteiger partial charge in [-0.05, 0) is 44.6 Å². The van der Waals surface area contributed by atoms with Crippen LogP contribution in [-0.2, 0) is 4.74 Å². The highest BCUT2D eigenvalue weighted by atomic mass is 16.5. The molecule has 1 aliphatic rings. The van der Waals surface area contributed by atoms with Crippen molar-refractivity contribution in [2.24, 2.45) is 11.7 Å². The van der Waals surface area contributed by atoms with E-state index in [9.17, 15) is 0 Å². The van der Waals surface area contributed by atoms with Crippen LogP contribution in [-0.4, -0.2) is 31.0 Å². The standard InChI is InChI=1S/C10H21NO2/c11-8-9-6-10(7-9)13-5-3-1-2-4-12/h9-10,12H,1-8,11H2. The summed E-state index contributed by atoms with van der Waals surface area (Å²) in [5, 5.41) is 8.54. The van der Waals surface area contributed by atoms with Gasteiger partial charge in [0.2, 0.25) is 0 Å². The number of hydrogen-bond donors (Lipinski definition) is 2. The first-order chi connectivity index (χ1) is 6.36. The van der Waals surface area contributed by atoms with Crippen LogP contribution in [0.15, 0.2) is 0 Å². The SMILES string of the molecule is NCC1CC(OCCCCCO)C1. The monoisotopic (exact) mass is 187 g/mol. The van der Waals surface area contributed by atoms with Crippen molar-refractivity contribution in [1.29, 1.82) is 0 Å². The molecule has 0 aromatic carbocycles. The molecule has 0 unspecified atom stereocenters. The molecule has 3 nitrogen and oxygen atoms in total. The van der Waals surface area contributed by atoms with Crippen LogP contribution in [0.4, 0.5) is 0 Å². The lowest BCUT2D eigenvalue weighted by Gasteiger charge is -2.34. The van der Waals surface area contributed by atoms with Gasteiger partial charge in [0.15, 0.2) is 0 Å². The van der Waals surface area contributed by atoms with Crippen molar-refractivity contribution in [2.45, 2.75) is 38.2 Å². The zero-order valence-corrected chi connectivity index (χ0v) is 8.24. The second-order valence-electron chi connectivity index (χ2n) is 3.85. The van der Waals surface area contributed by atoms with E-state index < -0.39 is 0 Å². The Labute approximate surface area is 80.3 Å². The maximum Gasteiger partial charge on any atom is 0.0581 e. The van der Waals surface area contributed by atoms with E-state index in [1.165, 1.54) is 0 Å². The molecule has 0 spiro atoms. The Morgan fingerprint density at radius 2 is 2.00 bits per heavy atom. The van der Waals surface area contributed by atoms with Gasteiger partial charge in [-0.15, -0.1) is 0 Å². The number of nitrogens with two attached hydrogens (primary N) is 1. The highest BCUT2D eigenvalue weighted by Crippen LogP contribution is 2.28. The van der Waals surface area contributed by atoms with Gasteiger partial charge in [-0.25, -0.2) is 0 Å². The van der Waals surface area contributed by atoms with E-state index in [0.717, 1.165) is 45.3 Å². The third-order valence-electron chi connectivity index (χ3n) is 2.68. The fraction of sp³-hybridized carbons (Fsp3) is 1.00. The minimum atomic E-state index is 0.304. The zero-order valence-electron chi connectivity index (χ0n) is 8.24. The molecule has 3 heteroatoms. The van der Waals surface area contributed by atoms with Crippen molar-refractivity contribution in [1.82, 2.24) is 0 Å². The first kappa shape index (κ1) is 11.0. The molecule has 0 bridgehead atoms. The summed E-state index contributed by atoms with van der Waals surface area (Å²) in [5.41, 5.74) is 5.51. The van der Waals surface area contributed by atoms with E-state index in [1.54, 1.807) is 0 Å². The molecule has 1 aliphatic carbocycles. The van der Waals surface area contributed by atoms with Crippen molar-refractivity contribution in [3.8, 4) is 0 Å². The van der Waals surface area contributed by atoms with Crippen molar-refractivity contribution in [2.75, 3.05) is 19.8 Å². The molecular formula is C10H21NO2. The van der Waals surface area contributed by atoms with Gasteiger partial charge >= 0.3 is 0 Å². The average molecular weight is 187 g/mol. The summed E-state index contributed by atoms with van der Waals surface area (Å²) >= 11 is 0. The highest BCUT2D eigenvalue weighted by molar-refractivity contribution is 4.80. The summed E-state index contributed by atoms with van der Waals surface area (Å²) in [6, 6.07) is 0. The van der Waals surface area contributed by atoms with Gasteiger partial charge in [0.1, 0.15) is 0 Å². The molecule has 0 amide bonds. The summed E-state index contributed by atoms with van der Waals surface area (Å²) < 4.78 is 5.62. The van der Waals surface area contributed by atoms with E-state index in [0.29, 0.717) is 18.6 Å². The van der Waals surface area contributed by atoms with Crippen LogP contribution in [0.5, 0.6) is 0 Å². The lowest BCUT2D eigenvalue weighted by Crippen LogP contribution is -2.36. The molecule has 0 aliphatic heterocycles. The van der Waals surface area contributed by atoms with Crippen LogP contribution in [0, 0.1) is 5.92 Å². The molecule has 1 rings (SSSR count). The summed E-state index contributed by atoms with van der Waals surface area (Å²) in [4.78, 5) is 0. The average Bonchev–Trinajstić information content (AvgIpc) is 2.08. The van der Waals surface area contributed by atoms with Gasteiger partial charge in [-0.3, -0.25) is 0 Å². The predicted octanol–water partition coefficient (Wildman–Crippen LogP) is 0.903. The minimum absolute atomic E-state index is 0.304. The number of rotatable bonds is 7.